The molecule has 3 aromatic rings. The molecule has 0 saturated carbocycles. The molecule has 4 rings (SSSR count). The molecule has 1 amide bonds. The maximum atomic E-state index is 12.9. The summed E-state index contributed by atoms with van der Waals surface area (Å²) in [6.45, 7) is 4.85. The SMILES string of the molecule is CCn1c(Cn2ccnc2)nnc1C1CCN(C(=O)c2ccccc2C#N)CC1. The van der Waals surface area contributed by atoms with Gasteiger partial charge in [-0.15, -0.1) is 10.2 Å². The van der Waals surface area contributed by atoms with Crippen molar-refractivity contribution in [3.05, 3.63) is 65.8 Å². The fourth-order valence-electron chi connectivity index (χ4n) is 3.93. The van der Waals surface area contributed by atoms with E-state index in [-0.39, 0.29) is 11.8 Å². The number of likely N-dealkylation sites (tertiary alicyclic amines) is 1. The van der Waals surface area contributed by atoms with Crippen molar-refractivity contribution in [3.8, 4) is 6.07 Å². The van der Waals surface area contributed by atoms with E-state index in [9.17, 15) is 10.1 Å². The van der Waals surface area contributed by atoms with Crippen molar-refractivity contribution in [1.82, 2.24) is 29.2 Å². The van der Waals surface area contributed by atoms with Crippen LogP contribution < -0.4 is 0 Å². The number of imidazole rings is 1. The molecule has 0 aliphatic carbocycles. The van der Waals surface area contributed by atoms with Gasteiger partial charge in [-0.3, -0.25) is 4.79 Å². The maximum Gasteiger partial charge on any atom is 0.255 e. The van der Waals surface area contributed by atoms with Gasteiger partial charge in [0.05, 0.1) is 30.1 Å². The summed E-state index contributed by atoms with van der Waals surface area (Å²) in [6, 6.07) is 9.10. The third kappa shape index (κ3) is 3.76. The Morgan fingerprint density at radius 2 is 2.03 bits per heavy atom. The third-order valence-corrected chi connectivity index (χ3v) is 5.48. The standard InChI is InChI=1S/C21H23N7O/c1-2-28-19(14-26-12-9-23-15-26)24-25-20(28)16-7-10-27(11-8-16)21(29)18-6-4-3-5-17(18)13-22/h3-6,9,12,15-16H,2,7-8,10-11,14H2,1H3. The molecule has 0 unspecified atom stereocenters. The molecule has 0 N–H and O–H groups in total. The molecule has 3 heterocycles. The monoisotopic (exact) mass is 389 g/mol. The van der Waals surface area contributed by atoms with Gasteiger partial charge in [-0.1, -0.05) is 12.1 Å². The molecule has 8 nitrogen and oxygen atoms in total. The van der Waals surface area contributed by atoms with Crippen molar-refractivity contribution in [2.45, 2.75) is 38.8 Å². The van der Waals surface area contributed by atoms with Crippen molar-refractivity contribution in [3.63, 3.8) is 0 Å². The molecule has 0 spiro atoms. The molecular weight excluding hydrogens is 366 g/mol. The first kappa shape index (κ1) is 18.9. The molecule has 1 saturated heterocycles. The number of hydrogen-bond donors (Lipinski definition) is 0. The molecule has 8 heteroatoms. The number of carbonyl (C=O) groups is 1. The van der Waals surface area contributed by atoms with Crippen LogP contribution in [0.2, 0.25) is 0 Å². The lowest BCUT2D eigenvalue weighted by Crippen LogP contribution is -2.38. The molecule has 1 fully saturated rings. The van der Waals surface area contributed by atoms with Gasteiger partial charge in [0, 0.05) is 37.9 Å². The molecule has 1 aromatic carbocycles. The van der Waals surface area contributed by atoms with Gasteiger partial charge in [-0.25, -0.2) is 4.98 Å². The predicted octanol–water partition coefficient (Wildman–Crippen LogP) is 2.43. The van der Waals surface area contributed by atoms with E-state index in [2.05, 4.69) is 32.7 Å². The molecule has 1 aliphatic rings. The predicted molar refractivity (Wildman–Crippen MR) is 106 cm³/mol. The van der Waals surface area contributed by atoms with Crippen LogP contribution in [0.5, 0.6) is 0 Å². The van der Waals surface area contributed by atoms with E-state index in [1.807, 2.05) is 15.7 Å². The number of aromatic nitrogens is 5. The van der Waals surface area contributed by atoms with E-state index >= 15 is 0 Å². The molecule has 0 radical (unpaired) electrons. The minimum absolute atomic E-state index is 0.0710. The second kappa shape index (κ2) is 8.27. The fraction of sp³-hybridized carbons (Fsp3) is 0.381. The Kier molecular flexibility index (Phi) is 5.38. The second-order valence-corrected chi connectivity index (χ2v) is 7.18. The topological polar surface area (TPSA) is 92.6 Å². The zero-order valence-corrected chi connectivity index (χ0v) is 16.4. The first-order valence-corrected chi connectivity index (χ1v) is 9.87. The second-order valence-electron chi connectivity index (χ2n) is 7.18. The van der Waals surface area contributed by atoms with Crippen molar-refractivity contribution in [2.24, 2.45) is 0 Å². The quantitative estimate of drug-likeness (QED) is 0.668. The van der Waals surface area contributed by atoms with Crippen LogP contribution in [0.1, 0.15) is 53.3 Å². The van der Waals surface area contributed by atoms with Crippen LogP contribution in [0.25, 0.3) is 0 Å². The van der Waals surface area contributed by atoms with E-state index in [1.165, 1.54) is 0 Å². The summed E-state index contributed by atoms with van der Waals surface area (Å²) in [6.07, 6.45) is 7.12. The summed E-state index contributed by atoms with van der Waals surface area (Å²) in [4.78, 5) is 18.8. The van der Waals surface area contributed by atoms with Gasteiger partial charge in [-0.05, 0) is 31.9 Å². The average Bonchev–Trinajstić information content (AvgIpc) is 3.43. The van der Waals surface area contributed by atoms with E-state index in [1.54, 1.807) is 36.8 Å². The molecule has 148 valence electrons. The zero-order valence-electron chi connectivity index (χ0n) is 16.4. The Labute approximate surface area is 169 Å². The summed E-state index contributed by atoms with van der Waals surface area (Å²) >= 11 is 0. The number of rotatable bonds is 5. The Balaban J connectivity index is 1.45. The zero-order chi connectivity index (χ0) is 20.2. The molecule has 0 atom stereocenters. The summed E-state index contributed by atoms with van der Waals surface area (Å²) < 4.78 is 4.15. The first-order valence-electron chi connectivity index (χ1n) is 9.87. The Morgan fingerprint density at radius 1 is 1.24 bits per heavy atom. The highest BCUT2D eigenvalue weighted by molar-refractivity contribution is 5.96. The van der Waals surface area contributed by atoms with Crippen molar-refractivity contribution in [2.75, 3.05) is 13.1 Å². The van der Waals surface area contributed by atoms with Gasteiger partial charge in [-0.2, -0.15) is 5.26 Å². The van der Waals surface area contributed by atoms with Gasteiger partial charge in [0.2, 0.25) is 0 Å². The van der Waals surface area contributed by atoms with Crippen molar-refractivity contribution in [1.29, 1.82) is 5.26 Å². The number of benzene rings is 1. The van der Waals surface area contributed by atoms with Crippen LogP contribution in [-0.2, 0) is 13.1 Å². The van der Waals surface area contributed by atoms with Gasteiger partial charge >= 0.3 is 0 Å². The van der Waals surface area contributed by atoms with E-state index in [0.717, 1.165) is 31.0 Å². The van der Waals surface area contributed by atoms with Crippen LogP contribution >= 0.6 is 0 Å². The number of piperidine rings is 1. The number of carbonyl (C=O) groups excluding carboxylic acids is 1. The summed E-state index contributed by atoms with van der Waals surface area (Å²) in [5, 5.41) is 18.2. The fourth-order valence-corrected chi connectivity index (χ4v) is 3.93. The highest BCUT2D eigenvalue weighted by Gasteiger charge is 2.29. The largest absolute Gasteiger partial charge is 0.339 e. The Bertz CT molecular complexity index is 1020. The van der Waals surface area contributed by atoms with E-state index < -0.39 is 0 Å². The van der Waals surface area contributed by atoms with Crippen LogP contribution in [0.3, 0.4) is 0 Å². The minimum atomic E-state index is -0.0710. The molecule has 2 aromatic heterocycles. The summed E-state index contributed by atoms with van der Waals surface area (Å²) in [7, 11) is 0. The van der Waals surface area contributed by atoms with Gasteiger partial charge in [0.25, 0.3) is 5.91 Å². The van der Waals surface area contributed by atoms with E-state index in [0.29, 0.717) is 30.8 Å². The van der Waals surface area contributed by atoms with Crippen LogP contribution in [-0.4, -0.2) is 48.2 Å². The normalized spacial score (nSPS) is 14.7. The van der Waals surface area contributed by atoms with Gasteiger partial charge < -0.3 is 14.0 Å². The van der Waals surface area contributed by atoms with Gasteiger partial charge in [0.1, 0.15) is 5.82 Å². The van der Waals surface area contributed by atoms with Crippen molar-refractivity contribution >= 4 is 5.91 Å². The summed E-state index contributed by atoms with van der Waals surface area (Å²) in [5.41, 5.74) is 0.905. The number of hydrogen-bond acceptors (Lipinski definition) is 5. The van der Waals surface area contributed by atoms with Crippen LogP contribution in [0, 0.1) is 11.3 Å². The smallest absolute Gasteiger partial charge is 0.255 e. The lowest BCUT2D eigenvalue weighted by molar-refractivity contribution is 0.0710. The van der Waals surface area contributed by atoms with Crippen molar-refractivity contribution < 1.29 is 4.79 Å². The first-order chi connectivity index (χ1) is 14.2. The highest BCUT2D eigenvalue weighted by atomic mass is 16.2. The average molecular weight is 389 g/mol. The summed E-state index contributed by atoms with van der Waals surface area (Å²) in [5.74, 6) is 2.11. The van der Waals surface area contributed by atoms with E-state index in [4.69, 9.17) is 0 Å². The Morgan fingerprint density at radius 3 is 2.72 bits per heavy atom. The van der Waals surface area contributed by atoms with Crippen LogP contribution in [0.4, 0.5) is 0 Å². The van der Waals surface area contributed by atoms with Crippen LogP contribution in [0.15, 0.2) is 43.0 Å². The minimum Gasteiger partial charge on any atom is -0.339 e. The third-order valence-electron chi connectivity index (χ3n) is 5.48. The number of nitriles is 1. The maximum absolute atomic E-state index is 12.9. The number of amides is 1. The molecule has 1 aliphatic heterocycles. The molecule has 0 bridgehead atoms. The van der Waals surface area contributed by atoms with Gasteiger partial charge in [0.15, 0.2) is 5.82 Å². The lowest BCUT2D eigenvalue weighted by atomic mass is 9.95. The highest BCUT2D eigenvalue weighted by Crippen LogP contribution is 2.28. The molecule has 29 heavy (non-hydrogen) atoms. The number of nitrogens with zero attached hydrogens (tertiary/aromatic N) is 7. The Hall–Kier alpha value is -3.47. The molecular formula is C21H23N7O. The lowest BCUT2D eigenvalue weighted by Gasteiger charge is -2.32.